The number of carbonyl (C=O) groups is 1. The third kappa shape index (κ3) is 1.96. The molecule has 2 fully saturated rings. The van der Waals surface area contributed by atoms with Crippen molar-refractivity contribution in [3.8, 4) is 0 Å². The highest BCUT2D eigenvalue weighted by Gasteiger charge is 2.38. The molecular weight excluding hydrogens is 214 g/mol. The highest BCUT2D eigenvalue weighted by molar-refractivity contribution is 5.76. The molecule has 1 aromatic rings. The van der Waals surface area contributed by atoms with Crippen molar-refractivity contribution >= 4 is 6.03 Å². The van der Waals surface area contributed by atoms with E-state index in [1.54, 1.807) is 23.3 Å². The van der Waals surface area contributed by atoms with Crippen LogP contribution in [0.4, 0.5) is 4.79 Å². The van der Waals surface area contributed by atoms with Gasteiger partial charge in [0, 0.05) is 25.5 Å². The lowest BCUT2D eigenvalue weighted by Crippen LogP contribution is -2.43. The van der Waals surface area contributed by atoms with Crippen molar-refractivity contribution in [2.24, 2.45) is 5.41 Å². The Bertz CT molecular complexity index is 383. The number of carbonyl (C=O) groups excluding carboxylic acids is 1. The molecule has 2 aliphatic rings. The Labute approximate surface area is 102 Å². The number of hydrogen-bond acceptors (Lipinski definition) is 2. The minimum absolute atomic E-state index is 0.0790. The van der Waals surface area contributed by atoms with Crippen molar-refractivity contribution in [2.45, 2.75) is 38.5 Å². The predicted octanol–water partition coefficient (Wildman–Crippen LogP) is 2.51. The average molecular weight is 233 g/mol. The van der Waals surface area contributed by atoms with Crippen molar-refractivity contribution in [2.75, 3.05) is 13.1 Å². The van der Waals surface area contributed by atoms with E-state index in [9.17, 15) is 4.79 Å². The smallest absolute Gasteiger partial charge is 0.324 e. The minimum Gasteiger partial charge on any atom is -0.324 e. The van der Waals surface area contributed by atoms with Gasteiger partial charge in [0.15, 0.2) is 0 Å². The molecule has 0 atom stereocenters. The number of likely N-dealkylation sites (tertiary alicyclic amines) is 1. The summed E-state index contributed by atoms with van der Waals surface area (Å²) in [7, 11) is 0. The van der Waals surface area contributed by atoms with Gasteiger partial charge in [0.1, 0.15) is 6.33 Å². The second kappa shape index (κ2) is 4.17. The lowest BCUT2D eigenvalue weighted by molar-refractivity contribution is 0.121. The van der Waals surface area contributed by atoms with E-state index in [0.29, 0.717) is 5.41 Å². The summed E-state index contributed by atoms with van der Waals surface area (Å²) in [4.78, 5) is 18.0. The monoisotopic (exact) mass is 233 g/mol. The van der Waals surface area contributed by atoms with Crippen LogP contribution in [0.3, 0.4) is 0 Å². The molecule has 92 valence electrons. The Kier molecular flexibility index (Phi) is 2.65. The molecule has 4 nitrogen and oxygen atoms in total. The van der Waals surface area contributed by atoms with Crippen LogP contribution in [0.2, 0.25) is 0 Å². The zero-order valence-corrected chi connectivity index (χ0v) is 10.1. The topological polar surface area (TPSA) is 38.1 Å². The SMILES string of the molecule is O=C(N1CCC2(CCCC2)CC1)n1ccnc1. The highest BCUT2D eigenvalue weighted by Crippen LogP contribution is 2.46. The Hall–Kier alpha value is -1.32. The Balaban J connectivity index is 1.63. The molecule has 3 rings (SSSR count). The molecule has 1 spiro atoms. The Morgan fingerprint density at radius 1 is 1.12 bits per heavy atom. The molecule has 1 amide bonds. The van der Waals surface area contributed by atoms with Crippen LogP contribution >= 0.6 is 0 Å². The first-order valence-corrected chi connectivity index (χ1v) is 6.56. The molecule has 0 bridgehead atoms. The van der Waals surface area contributed by atoms with Crippen molar-refractivity contribution in [1.29, 1.82) is 0 Å². The van der Waals surface area contributed by atoms with Crippen molar-refractivity contribution in [3.05, 3.63) is 18.7 Å². The molecule has 4 heteroatoms. The Morgan fingerprint density at radius 3 is 2.41 bits per heavy atom. The highest BCUT2D eigenvalue weighted by atomic mass is 16.2. The van der Waals surface area contributed by atoms with Gasteiger partial charge in [-0.3, -0.25) is 4.57 Å². The predicted molar refractivity (Wildman–Crippen MR) is 64.7 cm³/mol. The van der Waals surface area contributed by atoms with Gasteiger partial charge in [0.2, 0.25) is 0 Å². The summed E-state index contributed by atoms with van der Waals surface area (Å²) in [6.45, 7) is 1.83. The van der Waals surface area contributed by atoms with E-state index in [2.05, 4.69) is 4.98 Å². The van der Waals surface area contributed by atoms with E-state index in [1.165, 1.54) is 38.5 Å². The van der Waals surface area contributed by atoms with Gasteiger partial charge in [-0.15, -0.1) is 0 Å². The van der Waals surface area contributed by atoms with E-state index in [4.69, 9.17) is 0 Å². The first-order chi connectivity index (χ1) is 8.29. The molecule has 0 radical (unpaired) electrons. The fourth-order valence-corrected chi connectivity index (χ4v) is 3.33. The largest absolute Gasteiger partial charge is 0.329 e. The van der Waals surface area contributed by atoms with Crippen molar-refractivity contribution in [1.82, 2.24) is 14.5 Å². The van der Waals surface area contributed by atoms with Crippen LogP contribution in [-0.4, -0.2) is 33.6 Å². The van der Waals surface area contributed by atoms with Crippen LogP contribution in [-0.2, 0) is 0 Å². The zero-order valence-electron chi connectivity index (χ0n) is 10.1. The first kappa shape index (κ1) is 10.8. The fourth-order valence-electron chi connectivity index (χ4n) is 3.33. The molecule has 1 saturated heterocycles. The first-order valence-electron chi connectivity index (χ1n) is 6.56. The van der Waals surface area contributed by atoms with Gasteiger partial charge < -0.3 is 4.90 Å². The van der Waals surface area contributed by atoms with Gasteiger partial charge in [-0.2, -0.15) is 0 Å². The molecule has 1 aliphatic carbocycles. The quantitative estimate of drug-likeness (QED) is 0.690. The van der Waals surface area contributed by atoms with Gasteiger partial charge in [0.25, 0.3) is 0 Å². The third-order valence-corrected chi connectivity index (χ3v) is 4.48. The van der Waals surface area contributed by atoms with Crippen molar-refractivity contribution in [3.63, 3.8) is 0 Å². The van der Waals surface area contributed by atoms with E-state index < -0.39 is 0 Å². The second-order valence-corrected chi connectivity index (χ2v) is 5.45. The zero-order chi connectivity index (χ0) is 11.7. The van der Waals surface area contributed by atoms with E-state index in [1.807, 2.05) is 4.90 Å². The van der Waals surface area contributed by atoms with E-state index in [0.717, 1.165) is 13.1 Å². The number of aromatic nitrogens is 2. The van der Waals surface area contributed by atoms with Gasteiger partial charge in [0.05, 0.1) is 0 Å². The van der Waals surface area contributed by atoms with Crippen LogP contribution in [0.15, 0.2) is 18.7 Å². The van der Waals surface area contributed by atoms with Crippen LogP contribution in [0.5, 0.6) is 0 Å². The van der Waals surface area contributed by atoms with Crippen molar-refractivity contribution < 1.29 is 4.79 Å². The normalized spacial score (nSPS) is 23.2. The lowest BCUT2D eigenvalue weighted by atomic mass is 9.77. The molecule has 2 heterocycles. The van der Waals surface area contributed by atoms with Gasteiger partial charge in [-0.05, 0) is 31.1 Å². The van der Waals surface area contributed by atoms with E-state index >= 15 is 0 Å². The van der Waals surface area contributed by atoms with Crippen LogP contribution < -0.4 is 0 Å². The van der Waals surface area contributed by atoms with Gasteiger partial charge in [-0.1, -0.05) is 12.8 Å². The number of piperidine rings is 1. The number of hydrogen-bond donors (Lipinski definition) is 0. The fraction of sp³-hybridized carbons (Fsp3) is 0.692. The Morgan fingerprint density at radius 2 is 1.82 bits per heavy atom. The molecule has 0 unspecified atom stereocenters. The summed E-state index contributed by atoms with van der Waals surface area (Å²) < 4.78 is 1.58. The summed E-state index contributed by atoms with van der Waals surface area (Å²) in [6.07, 6.45) is 12.9. The summed E-state index contributed by atoms with van der Waals surface area (Å²) in [5.74, 6) is 0. The second-order valence-electron chi connectivity index (χ2n) is 5.45. The molecule has 1 aromatic heterocycles. The number of imidazole rings is 1. The number of nitrogens with zero attached hydrogens (tertiary/aromatic N) is 3. The van der Waals surface area contributed by atoms with Crippen LogP contribution in [0.25, 0.3) is 0 Å². The lowest BCUT2D eigenvalue weighted by Gasteiger charge is -2.39. The molecule has 1 saturated carbocycles. The summed E-state index contributed by atoms with van der Waals surface area (Å²) in [5.41, 5.74) is 0.575. The van der Waals surface area contributed by atoms with Gasteiger partial charge in [-0.25, -0.2) is 9.78 Å². The molecule has 1 aliphatic heterocycles. The number of rotatable bonds is 0. The third-order valence-electron chi connectivity index (χ3n) is 4.48. The molecular formula is C13H19N3O. The maximum absolute atomic E-state index is 12.1. The minimum atomic E-state index is 0.0790. The maximum Gasteiger partial charge on any atom is 0.329 e. The molecule has 0 aromatic carbocycles. The number of amides is 1. The van der Waals surface area contributed by atoms with E-state index in [-0.39, 0.29) is 6.03 Å². The molecule has 0 N–H and O–H groups in total. The summed E-state index contributed by atoms with van der Waals surface area (Å²) in [6, 6.07) is 0.0790. The van der Waals surface area contributed by atoms with Crippen LogP contribution in [0, 0.1) is 5.41 Å². The average Bonchev–Trinajstić information content (AvgIpc) is 3.01. The summed E-state index contributed by atoms with van der Waals surface area (Å²) in [5, 5.41) is 0. The molecule has 17 heavy (non-hydrogen) atoms. The van der Waals surface area contributed by atoms with Crippen LogP contribution in [0.1, 0.15) is 38.5 Å². The standard InChI is InChI=1S/C13H19N3O/c17-12(16-10-7-14-11-16)15-8-5-13(6-9-15)3-1-2-4-13/h7,10-11H,1-6,8-9H2. The maximum atomic E-state index is 12.1. The summed E-state index contributed by atoms with van der Waals surface area (Å²) >= 11 is 0. The van der Waals surface area contributed by atoms with Gasteiger partial charge >= 0.3 is 6.03 Å².